The minimum atomic E-state index is -0.519. The summed E-state index contributed by atoms with van der Waals surface area (Å²) >= 11 is 10.5. The lowest BCUT2D eigenvalue weighted by atomic mass is 10.2. The molecule has 0 N–H and O–H groups in total. The quantitative estimate of drug-likeness (QED) is 0.535. The van der Waals surface area contributed by atoms with Crippen LogP contribution in [0.2, 0.25) is 5.02 Å². The lowest BCUT2D eigenvalue weighted by molar-refractivity contribution is 0.618. The topological polar surface area (TPSA) is 35.0 Å². The first-order valence-electron chi connectivity index (χ1n) is 3.72. The summed E-state index contributed by atoms with van der Waals surface area (Å²) in [5, 5.41) is 0.810. The zero-order valence-corrected chi connectivity index (χ0v) is 11.5. The average Bonchev–Trinajstić information content (AvgIpc) is 2.26. The number of halogens is 4. The molecule has 0 saturated heterocycles. The molecule has 2 rings (SSSR count). The van der Waals surface area contributed by atoms with Gasteiger partial charge < -0.3 is 3.07 Å². The van der Waals surface area contributed by atoms with E-state index in [1.54, 1.807) is 29.1 Å². The Hall–Kier alpha value is -0.210. The van der Waals surface area contributed by atoms with Crippen LogP contribution in [0.3, 0.4) is 0 Å². The number of fused-ring (bicyclic) bond motifs is 1. The van der Waals surface area contributed by atoms with E-state index in [4.69, 9.17) is 14.7 Å². The Morgan fingerprint density at radius 3 is 2.93 bits per heavy atom. The summed E-state index contributed by atoms with van der Waals surface area (Å²) in [6.45, 7) is 0. The van der Waals surface area contributed by atoms with Crippen molar-refractivity contribution >= 4 is 61.4 Å². The third-order valence-corrected chi connectivity index (χ3v) is 3.45. The predicted octanol–water partition coefficient (Wildman–Crippen LogP) is 3.91. The number of aromatic nitrogens is 2. The van der Waals surface area contributed by atoms with Crippen molar-refractivity contribution in [3.63, 3.8) is 0 Å². The Morgan fingerprint density at radius 1 is 1.53 bits per heavy atom. The maximum Gasteiger partial charge on any atom is 0.326 e. The van der Waals surface area contributed by atoms with Gasteiger partial charge in [0.25, 0.3) is 0 Å². The fraction of sp³-hybridized carbons (Fsp3) is 0. The highest BCUT2D eigenvalue weighted by Gasteiger charge is 2.12. The second-order valence-electron chi connectivity index (χ2n) is 2.65. The zero-order valence-electron chi connectivity index (χ0n) is 6.97. The number of hydrogen-bond donors (Lipinski definition) is 0. The highest BCUT2D eigenvalue weighted by molar-refractivity contribution is 14.1. The SMILES string of the molecule is Fc1c(Br)c(Cl)cc2cnc(OI)nc12. The van der Waals surface area contributed by atoms with E-state index in [9.17, 15) is 4.39 Å². The van der Waals surface area contributed by atoms with E-state index in [0.29, 0.717) is 5.39 Å². The molecule has 0 bridgehead atoms. The normalized spacial score (nSPS) is 10.7. The molecule has 0 unspecified atom stereocenters. The van der Waals surface area contributed by atoms with Crippen molar-refractivity contribution in [3.8, 4) is 6.01 Å². The summed E-state index contributed by atoms with van der Waals surface area (Å²) in [5.41, 5.74) is 0.174. The van der Waals surface area contributed by atoms with E-state index in [2.05, 4.69) is 25.9 Å². The minimum Gasteiger partial charge on any atom is -0.392 e. The van der Waals surface area contributed by atoms with Crippen molar-refractivity contribution in [2.24, 2.45) is 0 Å². The Bertz CT molecular complexity index is 540. The third-order valence-electron chi connectivity index (χ3n) is 1.76. The Kier molecular flexibility index (Phi) is 3.27. The summed E-state index contributed by atoms with van der Waals surface area (Å²) in [5.74, 6) is -0.519. The van der Waals surface area contributed by atoms with E-state index in [0.717, 1.165) is 0 Å². The first-order valence-corrected chi connectivity index (χ1v) is 5.77. The summed E-state index contributed by atoms with van der Waals surface area (Å²) in [4.78, 5) is 7.75. The smallest absolute Gasteiger partial charge is 0.326 e. The summed E-state index contributed by atoms with van der Waals surface area (Å²) in [6.07, 6.45) is 1.46. The minimum absolute atomic E-state index is 0.108. The van der Waals surface area contributed by atoms with Gasteiger partial charge in [0.1, 0.15) is 5.52 Å². The van der Waals surface area contributed by atoms with Crippen LogP contribution in [0.4, 0.5) is 4.39 Å². The molecule has 0 saturated carbocycles. The Balaban J connectivity index is 2.81. The van der Waals surface area contributed by atoms with Crippen LogP contribution in [-0.4, -0.2) is 9.97 Å². The van der Waals surface area contributed by atoms with Gasteiger partial charge in [0, 0.05) is 11.6 Å². The lowest BCUT2D eigenvalue weighted by Gasteiger charge is -2.03. The van der Waals surface area contributed by atoms with Crippen molar-refractivity contribution in [1.82, 2.24) is 9.97 Å². The molecule has 15 heavy (non-hydrogen) atoms. The average molecular weight is 403 g/mol. The maximum atomic E-state index is 13.7. The van der Waals surface area contributed by atoms with Crippen molar-refractivity contribution in [2.45, 2.75) is 0 Å². The van der Waals surface area contributed by atoms with Crippen LogP contribution in [-0.2, 0) is 0 Å². The molecule has 1 aromatic carbocycles. The van der Waals surface area contributed by atoms with Crippen molar-refractivity contribution in [1.29, 1.82) is 0 Å². The molecule has 0 radical (unpaired) electrons. The van der Waals surface area contributed by atoms with Gasteiger partial charge in [-0.15, -0.1) is 0 Å². The van der Waals surface area contributed by atoms with Gasteiger partial charge >= 0.3 is 6.01 Å². The van der Waals surface area contributed by atoms with E-state index in [1.165, 1.54) is 6.20 Å². The molecule has 2 aromatic rings. The summed E-state index contributed by atoms with van der Waals surface area (Å²) < 4.78 is 18.7. The molecule has 78 valence electrons. The van der Waals surface area contributed by atoms with Crippen molar-refractivity contribution in [3.05, 3.63) is 27.6 Å². The van der Waals surface area contributed by atoms with Gasteiger partial charge in [-0.1, -0.05) is 11.6 Å². The molecule has 1 heterocycles. The van der Waals surface area contributed by atoms with Crippen LogP contribution in [0, 0.1) is 5.82 Å². The summed E-state index contributed by atoms with van der Waals surface area (Å²) in [6, 6.07) is 1.69. The predicted molar refractivity (Wildman–Crippen MR) is 66.9 cm³/mol. The first kappa shape index (κ1) is 11.3. The van der Waals surface area contributed by atoms with Crippen LogP contribution < -0.4 is 3.07 Å². The molecular weight excluding hydrogens is 401 g/mol. The second kappa shape index (κ2) is 4.34. The molecule has 0 amide bonds. The van der Waals surface area contributed by atoms with Crippen LogP contribution in [0.5, 0.6) is 6.01 Å². The molecule has 0 aliphatic carbocycles. The van der Waals surface area contributed by atoms with E-state index in [1.807, 2.05) is 0 Å². The number of rotatable bonds is 1. The van der Waals surface area contributed by atoms with Crippen LogP contribution in [0.15, 0.2) is 16.7 Å². The van der Waals surface area contributed by atoms with Gasteiger partial charge in [-0.25, -0.2) is 9.37 Å². The fourth-order valence-corrected chi connectivity index (χ4v) is 1.82. The van der Waals surface area contributed by atoms with Gasteiger partial charge in [0.2, 0.25) is 0 Å². The van der Waals surface area contributed by atoms with E-state index >= 15 is 0 Å². The third kappa shape index (κ3) is 2.02. The molecule has 1 aromatic heterocycles. The molecule has 0 aliphatic rings. The molecule has 0 spiro atoms. The summed E-state index contributed by atoms with van der Waals surface area (Å²) in [7, 11) is 0. The highest BCUT2D eigenvalue weighted by Crippen LogP contribution is 2.31. The van der Waals surface area contributed by atoms with Crippen LogP contribution >= 0.6 is 50.5 Å². The number of benzene rings is 1. The second-order valence-corrected chi connectivity index (χ2v) is 4.29. The van der Waals surface area contributed by atoms with Gasteiger partial charge in [0.15, 0.2) is 28.8 Å². The molecule has 0 atom stereocenters. The monoisotopic (exact) mass is 402 g/mol. The largest absolute Gasteiger partial charge is 0.392 e. The van der Waals surface area contributed by atoms with E-state index in [-0.39, 0.29) is 21.0 Å². The first-order chi connectivity index (χ1) is 7.13. The van der Waals surface area contributed by atoms with Gasteiger partial charge in [-0.05, 0) is 22.0 Å². The molecule has 3 nitrogen and oxygen atoms in total. The van der Waals surface area contributed by atoms with Crippen LogP contribution in [0.1, 0.15) is 0 Å². The van der Waals surface area contributed by atoms with Crippen molar-refractivity contribution in [2.75, 3.05) is 0 Å². The molecule has 0 aliphatic heterocycles. The van der Waals surface area contributed by atoms with Gasteiger partial charge in [0.05, 0.1) is 9.50 Å². The van der Waals surface area contributed by atoms with Gasteiger partial charge in [-0.3, -0.25) is 0 Å². The Labute approximate surface area is 112 Å². The van der Waals surface area contributed by atoms with Gasteiger partial charge in [-0.2, -0.15) is 4.98 Å². The fourth-order valence-electron chi connectivity index (χ4n) is 1.10. The van der Waals surface area contributed by atoms with E-state index < -0.39 is 5.82 Å². The Morgan fingerprint density at radius 2 is 2.27 bits per heavy atom. The molecule has 7 heteroatoms. The van der Waals surface area contributed by atoms with Crippen LogP contribution in [0.25, 0.3) is 10.9 Å². The zero-order chi connectivity index (χ0) is 11.0. The highest BCUT2D eigenvalue weighted by atomic mass is 127. The van der Waals surface area contributed by atoms with Crippen molar-refractivity contribution < 1.29 is 7.46 Å². The lowest BCUT2D eigenvalue weighted by Crippen LogP contribution is -1.92. The molecular formula is C8H2BrClFIN2O. The number of hydrogen-bond acceptors (Lipinski definition) is 3. The molecule has 0 fully saturated rings. The standard InChI is InChI=1S/C8H2BrClFIN2O/c9-5-4(10)1-3-2-13-8(15-12)14-7(3)6(5)11/h1-2H. The maximum absolute atomic E-state index is 13.7. The number of nitrogens with zero attached hydrogens (tertiary/aromatic N) is 2.